The normalized spacial score (nSPS) is 17.2. The second-order valence-electron chi connectivity index (χ2n) is 2.87. The molecule has 0 bridgehead atoms. The zero-order chi connectivity index (χ0) is 11.2. The molecule has 84 valence electrons. The molecule has 0 fully saturated rings. The molecular weight excluding hydrogens is 207 g/mol. The van der Waals surface area contributed by atoms with Gasteiger partial charge in [-0.1, -0.05) is 20.3 Å². The minimum Gasteiger partial charge on any atom is -0.466 e. The SMILES string of the molecule is CCC[C@H](O)[C@](F)(SCC)C(=O)OC. The van der Waals surface area contributed by atoms with E-state index < -0.39 is 17.1 Å². The highest BCUT2D eigenvalue weighted by Crippen LogP contribution is 2.34. The summed E-state index contributed by atoms with van der Waals surface area (Å²) in [5.74, 6) is -0.600. The van der Waals surface area contributed by atoms with Crippen molar-refractivity contribution in [1.29, 1.82) is 0 Å². The Balaban J connectivity index is 4.60. The van der Waals surface area contributed by atoms with E-state index in [-0.39, 0.29) is 6.42 Å². The molecule has 0 aromatic heterocycles. The van der Waals surface area contributed by atoms with E-state index in [1.807, 2.05) is 6.92 Å². The Hall–Kier alpha value is -0.290. The van der Waals surface area contributed by atoms with Gasteiger partial charge in [0.1, 0.15) is 6.10 Å². The van der Waals surface area contributed by atoms with Crippen LogP contribution in [0.5, 0.6) is 0 Å². The Bertz CT molecular complexity index is 189. The summed E-state index contributed by atoms with van der Waals surface area (Å²) < 4.78 is 18.3. The minimum absolute atomic E-state index is 0.249. The maximum atomic E-state index is 14.0. The summed E-state index contributed by atoms with van der Waals surface area (Å²) in [6, 6.07) is 0. The Kier molecular flexibility index (Phi) is 6.11. The highest BCUT2D eigenvalue weighted by molar-refractivity contribution is 8.01. The number of aliphatic hydroxyl groups excluding tert-OH is 1. The lowest BCUT2D eigenvalue weighted by atomic mass is 10.1. The number of hydrogen-bond acceptors (Lipinski definition) is 4. The lowest BCUT2D eigenvalue weighted by Gasteiger charge is -2.26. The molecule has 5 heteroatoms. The number of thioether (sulfide) groups is 1. The molecule has 0 aliphatic rings. The van der Waals surface area contributed by atoms with Gasteiger partial charge in [-0.05, 0) is 12.2 Å². The van der Waals surface area contributed by atoms with Gasteiger partial charge < -0.3 is 9.84 Å². The third-order valence-electron chi connectivity index (χ3n) is 1.81. The first kappa shape index (κ1) is 13.7. The molecule has 2 atom stereocenters. The topological polar surface area (TPSA) is 46.5 Å². The van der Waals surface area contributed by atoms with Crippen LogP contribution in [0.15, 0.2) is 0 Å². The van der Waals surface area contributed by atoms with Crippen molar-refractivity contribution in [2.75, 3.05) is 12.9 Å². The lowest BCUT2D eigenvalue weighted by Crippen LogP contribution is -2.43. The summed E-state index contributed by atoms with van der Waals surface area (Å²) in [5, 5.41) is 7.18. The molecule has 0 radical (unpaired) electrons. The van der Waals surface area contributed by atoms with Crippen molar-refractivity contribution in [3.05, 3.63) is 0 Å². The van der Waals surface area contributed by atoms with Gasteiger partial charge >= 0.3 is 5.97 Å². The monoisotopic (exact) mass is 224 g/mol. The molecule has 0 aromatic carbocycles. The first-order chi connectivity index (χ1) is 6.52. The van der Waals surface area contributed by atoms with Crippen LogP contribution in [-0.4, -0.2) is 35.0 Å². The van der Waals surface area contributed by atoms with Gasteiger partial charge in [0.25, 0.3) is 5.00 Å². The predicted octanol–water partition coefficient (Wildman–Crippen LogP) is 1.74. The number of hydrogen-bond donors (Lipinski definition) is 1. The van der Waals surface area contributed by atoms with Gasteiger partial charge in [0.15, 0.2) is 0 Å². The van der Waals surface area contributed by atoms with Crippen molar-refractivity contribution >= 4 is 17.7 Å². The minimum atomic E-state index is -2.32. The van der Waals surface area contributed by atoms with Crippen molar-refractivity contribution in [2.24, 2.45) is 0 Å². The fourth-order valence-corrected chi connectivity index (χ4v) is 2.03. The number of ether oxygens (including phenoxy) is 1. The second-order valence-corrected chi connectivity index (χ2v) is 4.33. The van der Waals surface area contributed by atoms with E-state index in [1.165, 1.54) is 0 Å². The molecule has 0 heterocycles. The second kappa shape index (κ2) is 6.24. The van der Waals surface area contributed by atoms with Gasteiger partial charge in [-0.25, -0.2) is 9.18 Å². The molecule has 14 heavy (non-hydrogen) atoms. The maximum Gasteiger partial charge on any atom is 0.357 e. The van der Waals surface area contributed by atoms with Crippen LogP contribution in [0.3, 0.4) is 0 Å². The largest absolute Gasteiger partial charge is 0.466 e. The lowest BCUT2D eigenvalue weighted by molar-refractivity contribution is -0.154. The van der Waals surface area contributed by atoms with Gasteiger partial charge in [-0.2, -0.15) is 0 Å². The van der Waals surface area contributed by atoms with Crippen LogP contribution in [0.25, 0.3) is 0 Å². The number of alkyl halides is 1. The zero-order valence-corrected chi connectivity index (χ0v) is 9.57. The summed E-state index contributed by atoms with van der Waals surface area (Å²) in [6.45, 7) is 3.54. The van der Waals surface area contributed by atoms with E-state index in [0.717, 1.165) is 18.9 Å². The summed E-state index contributed by atoms with van der Waals surface area (Å²) in [4.78, 5) is 11.2. The molecule has 0 aliphatic heterocycles. The van der Waals surface area contributed by atoms with Gasteiger partial charge in [-0.3, -0.25) is 0 Å². The quantitative estimate of drug-likeness (QED) is 0.698. The average molecular weight is 224 g/mol. The van der Waals surface area contributed by atoms with Crippen molar-refractivity contribution < 1.29 is 19.0 Å². The van der Waals surface area contributed by atoms with E-state index in [9.17, 15) is 14.3 Å². The molecule has 0 aromatic rings. The van der Waals surface area contributed by atoms with E-state index in [1.54, 1.807) is 6.92 Å². The van der Waals surface area contributed by atoms with Crippen LogP contribution < -0.4 is 0 Å². The number of halogens is 1. The number of esters is 1. The highest BCUT2D eigenvalue weighted by Gasteiger charge is 2.46. The Morgan fingerprint density at radius 2 is 2.21 bits per heavy atom. The van der Waals surface area contributed by atoms with Gasteiger partial charge in [0.2, 0.25) is 0 Å². The van der Waals surface area contributed by atoms with Crippen LogP contribution in [0.2, 0.25) is 0 Å². The first-order valence-corrected chi connectivity index (χ1v) is 5.60. The Labute approximate surface area is 88.0 Å². The summed E-state index contributed by atoms with van der Waals surface area (Å²) in [5.41, 5.74) is 0. The summed E-state index contributed by atoms with van der Waals surface area (Å²) >= 11 is 0.768. The smallest absolute Gasteiger partial charge is 0.357 e. The maximum absolute atomic E-state index is 14.0. The molecule has 0 aliphatic carbocycles. The highest BCUT2D eigenvalue weighted by atomic mass is 32.2. The molecule has 0 unspecified atom stereocenters. The van der Waals surface area contributed by atoms with Crippen LogP contribution in [0.4, 0.5) is 4.39 Å². The third-order valence-corrected chi connectivity index (χ3v) is 2.96. The van der Waals surface area contributed by atoms with Gasteiger partial charge in [-0.15, -0.1) is 11.8 Å². The molecule has 0 saturated heterocycles. The van der Waals surface area contributed by atoms with Crippen molar-refractivity contribution in [2.45, 2.75) is 37.8 Å². The van der Waals surface area contributed by atoms with Crippen LogP contribution >= 0.6 is 11.8 Å². The zero-order valence-electron chi connectivity index (χ0n) is 8.75. The third kappa shape index (κ3) is 3.13. The van der Waals surface area contributed by atoms with Crippen molar-refractivity contribution in [3.63, 3.8) is 0 Å². The van der Waals surface area contributed by atoms with Gasteiger partial charge in [0.05, 0.1) is 7.11 Å². The van der Waals surface area contributed by atoms with Crippen LogP contribution in [0, 0.1) is 0 Å². The summed E-state index contributed by atoms with van der Waals surface area (Å²) in [6.07, 6.45) is -0.433. The number of carbonyl (C=O) groups excluding carboxylic acids is 1. The Morgan fingerprint density at radius 3 is 2.57 bits per heavy atom. The van der Waals surface area contributed by atoms with E-state index >= 15 is 0 Å². The Morgan fingerprint density at radius 1 is 1.64 bits per heavy atom. The first-order valence-electron chi connectivity index (χ1n) is 4.62. The molecule has 0 amide bonds. The molecular formula is C9H17FO3S. The standard InChI is InChI=1S/C9H17FO3S/c1-4-6-7(11)9(10,14-5-2)8(12)13-3/h7,11H,4-6H2,1-3H3/t7-,9-/m0/s1. The van der Waals surface area contributed by atoms with Crippen LogP contribution in [-0.2, 0) is 9.53 Å². The summed E-state index contributed by atoms with van der Waals surface area (Å²) in [7, 11) is 1.12. The number of carbonyl (C=O) groups is 1. The fourth-order valence-electron chi connectivity index (χ4n) is 1.10. The van der Waals surface area contributed by atoms with E-state index in [4.69, 9.17) is 0 Å². The van der Waals surface area contributed by atoms with E-state index in [2.05, 4.69) is 4.74 Å². The van der Waals surface area contributed by atoms with Gasteiger partial charge in [0, 0.05) is 0 Å². The van der Waals surface area contributed by atoms with Crippen molar-refractivity contribution in [3.8, 4) is 0 Å². The number of methoxy groups -OCH3 is 1. The molecule has 0 rings (SSSR count). The fraction of sp³-hybridized carbons (Fsp3) is 0.889. The average Bonchev–Trinajstić information content (AvgIpc) is 2.17. The van der Waals surface area contributed by atoms with Crippen molar-refractivity contribution in [1.82, 2.24) is 0 Å². The predicted molar refractivity (Wildman–Crippen MR) is 54.9 cm³/mol. The van der Waals surface area contributed by atoms with E-state index in [0.29, 0.717) is 12.2 Å². The number of aliphatic hydroxyl groups is 1. The number of rotatable bonds is 6. The molecule has 3 nitrogen and oxygen atoms in total. The molecule has 0 spiro atoms. The molecule has 1 N–H and O–H groups in total. The molecule has 0 saturated carbocycles. The van der Waals surface area contributed by atoms with Crippen LogP contribution in [0.1, 0.15) is 26.7 Å².